The van der Waals surface area contributed by atoms with Gasteiger partial charge >= 0.3 is 0 Å². The Bertz CT molecular complexity index is 711. The van der Waals surface area contributed by atoms with Gasteiger partial charge in [0.25, 0.3) is 12.4 Å². The van der Waals surface area contributed by atoms with Gasteiger partial charge in [0.05, 0.1) is 17.8 Å². The van der Waals surface area contributed by atoms with Gasteiger partial charge in [-0.15, -0.1) is 0 Å². The van der Waals surface area contributed by atoms with Crippen molar-refractivity contribution >= 4 is 18.3 Å². The lowest BCUT2D eigenvalue weighted by molar-refractivity contribution is -0.136. The molecule has 2 heterocycles. The van der Waals surface area contributed by atoms with Gasteiger partial charge in [0.1, 0.15) is 0 Å². The molecule has 9 nitrogen and oxygen atoms in total. The molecule has 2 aliphatic carbocycles. The zero-order valence-corrected chi connectivity index (χ0v) is 16.7. The van der Waals surface area contributed by atoms with Gasteiger partial charge in [-0.25, -0.2) is 0 Å². The maximum atomic E-state index is 12.7. The lowest BCUT2D eigenvalue weighted by Gasteiger charge is -2.36. The zero-order valence-electron chi connectivity index (χ0n) is 16.7. The van der Waals surface area contributed by atoms with E-state index in [4.69, 9.17) is 19.2 Å². The van der Waals surface area contributed by atoms with Gasteiger partial charge in [0.15, 0.2) is 0 Å². The van der Waals surface area contributed by atoms with Crippen LogP contribution < -0.4 is 5.32 Å². The Kier molecular flexibility index (Phi) is 7.24. The normalized spacial score (nSPS) is 26.4. The third-order valence-corrected chi connectivity index (χ3v) is 5.92. The zero-order chi connectivity index (χ0) is 20.8. The van der Waals surface area contributed by atoms with Gasteiger partial charge in [0.2, 0.25) is 11.7 Å². The van der Waals surface area contributed by atoms with Crippen molar-refractivity contribution in [2.75, 3.05) is 20.2 Å². The highest BCUT2D eigenvalue weighted by Crippen LogP contribution is 2.39. The van der Waals surface area contributed by atoms with E-state index >= 15 is 0 Å². The predicted molar refractivity (Wildman–Crippen MR) is 102 cm³/mol. The van der Waals surface area contributed by atoms with E-state index in [9.17, 15) is 9.59 Å². The Morgan fingerprint density at radius 1 is 1.28 bits per heavy atom. The lowest BCUT2D eigenvalue weighted by Crippen LogP contribution is -2.50. The quantitative estimate of drug-likeness (QED) is 0.714. The van der Waals surface area contributed by atoms with Gasteiger partial charge in [-0.3, -0.25) is 14.4 Å². The van der Waals surface area contributed by atoms with Crippen LogP contribution in [0.2, 0.25) is 0 Å². The Morgan fingerprint density at radius 2 is 1.97 bits per heavy atom. The van der Waals surface area contributed by atoms with E-state index in [0.717, 1.165) is 57.3 Å². The summed E-state index contributed by atoms with van der Waals surface area (Å²) in [5.41, 5.74) is 0.865. The number of likely N-dealkylation sites (tertiary alicyclic amines) is 1. The summed E-state index contributed by atoms with van der Waals surface area (Å²) < 4.78 is 10.8. The van der Waals surface area contributed by atoms with Crippen molar-refractivity contribution in [3.63, 3.8) is 0 Å². The number of nitrogens with zero attached hydrogens (tertiary/aromatic N) is 2. The minimum Gasteiger partial charge on any atom is -0.483 e. The molecule has 2 amide bonds. The van der Waals surface area contributed by atoms with Crippen molar-refractivity contribution in [3.8, 4) is 0 Å². The second kappa shape index (κ2) is 9.87. The smallest absolute Gasteiger partial charge is 0.290 e. The Morgan fingerprint density at radius 3 is 2.59 bits per heavy atom. The number of hydrogen-bond acceptors (Lipinski definition) is 6. The lowest BCUT2D eigenvalue weighted by atomic mass is 9.82. The van der Waals surface area contributed by atoms with E-state index in [1.807, 2.05) is 4.90 Å². The number of amides is 2. The van der Waals surface area contributed by atoms with Crippen LogP contribution >= 0.6 is 0 Å². The summed E-state index contributed by atoms with van der Waals surface area (Å²) in [5.74, 6) is 0.609. The first-order chi connectivity index (χ1) is 14.1. The number of carbonyl (C=O) groups excluding carboxylic acids is 2. The fourth-order valence-corrected chi connectivity index (χ4v) is 4.20. The summed E-state index contributed by atoms with van der Waals surface area (Å²) >= 11 is 0. The topological polar surface area (TPSA) is 122 Å². The second-order valence-electron chi connectivity index (χ2n) is 7.89. The summed E-state index contributed by atoms with van der Waals surface area (Å²) in [7, 11) is 1.66. The van der Waals surface area contributed by atoms with Crippen molar-refractivity contribution in [3.05, 3.63) is 17.5 Å². The summed E-state index contributed by atoms with van der Waals surface area (Å²) in [6.07, 6.45) is 6.53. The average Bonchev–Trinajstić information content (AvgIpc) is 3.21. The highest BCUT2D eigenvalue weighted by atomic mass is 16.5. The third kappa shape index (κ3) is 5.35. The minimum atomic E-state index is -0.272. The maximum absolute atomic E-state index is 12.7. The van der Waals surface area contributed by atoms with Crippen LogP contribution in [0, 0.1) is 5.92 Å². The molecule has 2 saturated carbocycles. The molecule has 1 saturated heterocycles. The van der Waals surface area contributed by atoms with Crippen LogP contribution in [-0.2, 0) is 14.3 Å². The van der Waals surface area contributed by atoms with Gasteiger partial charge in [0, 0.05) is 38.1 Å². The first-order valence-electron chi connectivity index (χ1n) is 10.2. The first-order valence-corrected chi connectivity index (χ1v) is 10.2. The highest BCUT2D eigenvalue weighted by molar-refractivity contribution is 5.91. The monoisotopic (exact) mass is 407 g/mol. The first kappa shape index (κ1) is 21.3. The average molecular weight is 407 g/mol. The number of carbonyl (C=O) groups is 3. The molecule has 0 bridgehead atoms. The number of aromatic nitrogens is 1. The molecular formula is C20H29N3O6. The van der Waals surface area contributed by atoms with E-state index in [1.54, 1.807) is 13.2 Å². The molecular weight excluding hydrogens is 378 g/mol. The minimum absolute atomic E-state index is 0.0402. The van der Waals surface area contributed by atoms with Crippen molar-refractivity contribution in [2.45, 2.75) is 63.0 Å². The molecule has 2 N–H and O–H groups in total. The highest BCUT2D eigenvalue weighted by Gasteiger charge is 2.37. The summed E-state index contributed by atoms with van der Waals surface area (Å²) in [6.45, 7) is 1.48. The summed E-state index contributed by atoms with van der Waals surface area (Å²) in [4.78, 5) is 35.6. The van der Waals surface area contributed by atoms with Crippen molar-refractivity contribution in [1.82, 2.24) is 15.4 Å². The van der Waals surface area contributed by atoms with E-state index in [1.165, 1.54) is 0 Å². The molecule has 1 aliphatic heterocycles. The van der Waals surface area contributed by atoms with Gasteiger partial charge in [-0.05, 0) is 44.9 Å². The molecule has 29 heavy (non-hydrogen) atoms. The number of carboxylic acid groups (broad SMARTS) is 1. The van der Waals surface area contributed by atoms with Crippen LogP contribution in [0.5, 0.6) is 0 Å². The molecule has 0 radical (unpaired) electrons. The van der Waals surface area contributed by atoms with Crippen LogP contribution in [0.25, 0.3) is 0 Å². The molecule has 1 aromatic rings. The molecule has 0 aromatic carbocycles. The van der Waals surface area contributed by atoms with Crippen molar-refractivity contribution in [2.24, 2.45) is 5.92 Å². The summed E-state index contributed by atoms with van der Waals surface area (Å²) in [5, 5.41) is 13.9. The van der Waals surface area contributed by atoms with Gasteiger partial charge < -0.3 is 24.6 Å². The molecule has 3 aliphatic rings. The SMILES string of the molecule is CO[C@@H]1CC[C@H](C(=O)N2CCCC2)C[C@H]1NC(=O)c1cc(C2CC2)no1.O=CO. The summed E-state index contributed by atoms with van der Waals surface area (Å²) in [6, 6.07) is 1.55. The number of hydrogen-bond donors (Lipinski definition) is 2. The van der Waals surface area contributed by atoms with Crippen molar-refractivity contribution in [1.29, 1.82) is 0 Å². The van der Waals surface area contributed by atoms with Crippen LogP contribution in [0.1, 0.15) is 67.1 Å². The van der Waals surface area contributed by atoms with Crippen LogP contribution in [0.4, 0.5) is 0 Å². The molecule has 160 valence electrons. The largest absolute Gasteiger partial charge is 0.483 e. The Labute approximate surface area is 169 Å². The van der Waals surface area contributed by atoms with Crippen LogP contribution in [0.3, 0.4) is 0 Å². The number of nitrogens with one attached hydrogen (secondary N) is 1. The van der Waals surface area contributed by atoms with Crippen molar-refractivity contribution < 1.29 is 28.8 Å². The van der Waals surface area contributed by atoms with E-state index < -0.39 is 0 Å². The second-order valence-corrected chi connectivity index (χ2v) is 7.89. The van der Waals surface area contributed by atoms with Gasteiger partial charge in [-0.2, -0.15) is 0 Å². The maximum Gasteiger partial charge on any atom is 0.290 e. The molecule has 0 unspecified atom stereocenters. The van der Waals surface area contributed by atoms with Crippen LogP contribution in [-0.4, -0.2) is 65.8 Å². The van der Waals surface area contributed by atoms with E-state index in [0.29, 0.717) is 12.3 Å². The molecule has 3 atom stereocenters. The fourth-order valence-electron chi connectivity index (χ4n) is 4.20. The predicted octanol–water partition coefficient (Wildman–Crippen LogP) is 1.79. The van der Waals surface area contributed by atoms with E-state index in [2.05, 4.69) is 10.5 Å². The number of rotatable bonds is 5. The molecule has 4 rings (SSSR count). The fraction of sp³-hybridized carbons (Fsp3) is 0.700. The van der Waals surface area contributed by atoms with Crippen LogP contribution in [0.15, 0.2) is 10.6 Å². The Balaban J connectivity index is 0.000000755. The standard InChI is InChI=1S/C19H27N3O4.CH2O2/c1-25-16-7-6-13(19(24)22-8-2-3-9-22)10-15(16)20-18(23)17-11-14(21-26-17)12-4-5-12;2-1-3/h11-13,15-16H,2-10H2,1H3,(H,20,23);1H,(H,2,3)/t13-,15+,16+;/m0./s1. The molecule has 3 fully saturated rings. The Hall–Kier alpha value is -2.42. The van der Waals surface area contributed by atoms with Gasteiger partial charge in [-0.1, -0.05) is 5.16 Å². The third-order valence-electron chi connectivity index (χ3n) is 5.92. The van der Waals surface area contributed by atoms with E-state index in [-0.39, 0.29) is 42.1 Å². The number of methoxy groups -OCH3 is 1. The molecule has 1 aromatic heterocycles. The molecule has 9 heteroatoms. The molecule has 0 spiro atoms. The number of ether oxygens (including phenoxy) is 1.